The van der Waals surface area contributed by atoms with Crippen LogP contribution in [0.2, 0.25) is 25.1 Å². The third-order valence-electron chi connectivity index (χ3n) is 22.4. The van der Waals surface area contributed by atoms with Gasteiger partial charge in [0.05, 0.1) is 58.5 Å². The number of phenols is 5. The molecule has 1 aliphatic rings. The Kier molecular flexibility index (Phi) is 30.1. The maximum absolute atomic E-state index is 12.8. The Morgan fingerprint density at radius 2 is 0.727 bits per heavy atom. The molecule has 1 aliphatic heterocycles. The van der Waals surface area contributed by atoms with E-state index in [0.717, 1.165) is 100 Å². The fourth-order valence-corrected chi connectivity index (χ4v) is 17.7. The smallest absolute Gasteiger partial charge is 0.253 e. The van der Waals surface area contributed by atoms with Crippen molar-refractivity contribution in [2.45, 2.75) is 41.5 Å². The largest absolute Gasteiger partial charge is 0.508 e. The van der Waals surface area contributed by atoms with Crippen LogP contribution in [-0.4, -0.2) is 184 Å². The highest BCUT2D eigenvalue weighted by Crippen LogP contribution is 2.41. The molecule has 0 bridgehead atoms. The molecular weight excluding hydrogens is 1940 g/mol. The molecule has 1 fully saturated rings. The molecule has 0 unspecified atom stereocenters. The maximum atomic E-state index is 12.8. The summed E-state index contributed by atoms with van der Waals surface area (Å²) in [7, 11) is 3.50. The lowest BCUT2D eigenvalue weighted by molar-refractivity contribution is -0.114. The number of ether oxygens (including phenoxy) is 1. The first kappa shape index (κ1) is 99.3. The number of pyridine rings is 2. The molecular formula is C103H88Cl5N25O9S. The number of amides is 2. The number of methoxy groups -OCH3 is 1. The van der Waals surface area contributed by atoms with E-state index in [0.29, 0.717) is 157 Å². The van der Waals surface area contributed by atoms with Crippen molar-refractivity contribution in [1.29, 1.82) is 0 Å². The molecule has 12 aromatic carbocycles. The zero-order valence-corrected chi connectivity index (χ0v) is 82.4. The Bertz CT molecular complexity index is 8230. The van der Waals surface area contributed by atoms with Gasteiger partial charge in [0.15, 0.2) is 0 Å². The number of nitrogens with zero attached hydrogens (tertiary/aromatic N) is 19. The van der Waals surface area contributed by atoms with Gasteiger partial charge >= 0.3 is 0 Å². The molecule has 720 valence electrons. The van der Waals surface area contributed by atoms with Crippen molar-refractivity contribution in [3.8, 4) is 90.3 Å². The summed E-state index contributed by atoms with van der Waals surface area (Å²) in [5, 5.41) is 108. The molecule has 143 heavy (non-hydrogen) atoms. The number of carbonyl (C=O) groups is 2. The lowest BCUT2D eigenvalue weighted by atomic mass is 10.0. The van der Waals surface area contributed by atoms with E-state index in [1.54, 1.807) is 146 Å². The van der Waals surface area contributed by atoms with E-state index >= 15 is 0 Å². The van der Waals surface area contributed by atoms with Crippen LogP contribution in [0, 0.1) is 34.6 Å². The minimum atomic E-state index is -2.05. The van der Waals surface area contributed by atoms with E-state index in [4.69, 9.17) is 68.5 Å². The summed E-state index contributed by atoms with van der Waals surface area (Å²) in [6.07, 6.45) is 3.20. The standard InChI is InChI=1S/C26H24ClN5O3S.C22H20ClN5O.C21H17ClN6O2.C20H16ClN5O2.C14H11ClN4O/c1-16-13-18(21-15-20(33)7-8-22(21)27)14-23-24(16)29-26(31-30-23)28-19-5-3-17(4-6-19)25(34)32-9-11-36(2,35)12-10-32;1-13-9-14(18-12-17(29)7-8-19(18)23)10-20-21(13)25-22(27-26-20)24-15-5-4-6-16(11-15)28(2)3;1-11-7-13(16-9-15(30)4-5-17(16)22)8-18-20(11)26-21(28-27-18)25-14-3-6-19(23-10-14)24-12(2)29;1-11-7-12(15-9-14(27)4-5-16(15)21)8-17-19(11)24-20(26-25-17)23-13-3-6-18(28-2)22-10-13;1-7-4-8(10-6-9(20)2-3-11(10)15)5-12-13(7)17-14(16)19-18-12/h3-8,13-15,33H,2,9-12H2,1H3,(H,28,29,31);4-12,29H,1-3H3,(H,24,25,27);3-10,30H,1-2H3,(H,23,24,29)(H,25,26,28);3-10,27H,1-2H3,(H,23,24,26);2-6,20H,1H3,(H2,16,17,19). The molecule has 8 heterocycles. The summed E-state index contributed by atoms with van der Waals surface area (Å²) in [6.45, 7) is 12.0. The predicted octanol–water partition coefficient (Wildman–Crippen LogP) is 21.3. The van der Waals surface area contributed by atoms with Gasteiger partial charge in [-0.15, -0.1) is 51.0 Å². The summed E-state index contributed by atoms with van der Waals surface area (Å²) in [6, 6.07) is 65.1. The molecule has 34 nitrogen and oxygen atoms in total. The summed E-state index contributed by atoms with van der Waals surface area (Å²) in [5.41, 5.74) is 29.2. The van der Waals surface area contributed by atoms with Crippen LogP contribution in [0.1, 0.15) is 45.1 Å². The van der Waals surface area contributed by atoms with Crippen molar-refractivity contribution in [3.05, 3.63) is 295 Å². The van der Waals surface area contributed by atoms with Gasteiger partial charge < -0.3 is 72.4 Å². The number of aromatic nitrogens is 17. The van der Waals surface area contributed by atoms with Gasteiger partial charge in [0.25, 0.3) is 5.91 Å². The number of hydrogen-bond acceptors (Lipinski definition) is 32. The van der Waals surface area contributed by atoms with E-state index in [9.17, 15) is 39.3 Å². The topological polar surface area (TPSA) is 473 Å². The zero-order valence-electron chi connectivity index (χ0n) is 77.8. The Labute approximate surface area is 843 Å². The third kappa shape index (κ3) is 24.4. The number of nitrogens with one attached hydrogen (secondary N) is 5. The second kappa shape index (κ2) is 43.4. The molecule has 0 saturated carbocycles. The molecule has 2 amide bonds. The molecule has 40 heteroatoms. The number of hydrogen-bond donors (Lipinski definition) is 11. The Hall–Kier alpha value is -16.7. The Morgan fingerprint density at radius 1 is 0.399 bits per heavy atom. The maximum Gasteiger partial charge on any atom is 0.253 e. The van der Waals surface area contributed by atoms with Crippen LogP contribution < -0.4 is 42.0 Å². The number of fused-ring (bicyclic) bond motifs is 5. The molecule has 20 rings (SSSR count). The highest BCUT2D eigenvalue weighted by Gasteiger charge is 2.25. The molecule has 0 radical (unpaired) electrons. The van der Waals surface area contributed by atoms with Crippen molar-refractivity contribution < 1.29 is 44.1 Å². The van der Waals surface area contributed by atoms with Crippen LogP contribution in [0.15, 0.2) is 237 Å². The van der Waals surface area contributed by atoms with Crippen molar-refractivity contribution in [1.82, 2.24) is 90.8 Å². The molecule has 12 N–H and O–H groups in total. The first-order chi connectivity index (χ1) is 68.5. The van der Waals surface area contributed by atoms with Gasteiger partial charge in [-0.2, -0.15) is 0 Å². The predicted molar refractivity (Wildman–Crippen MR) is 566 cm³/mol. The highest BCUT2D eigenvalue weighted by atomic mass is 35.5. The second-order valence-electron chi connectivity index (χ2n) is 33.2. The van der Waals surface area contributed by atoms with Crippen LogP contribution in [0.25, 0.3) is 111 Å². The highest BCUT2D eigenvalue weighted by molar-refractivity contribution is 8.00. The van der Waals surface area contributed by atoms with Gasteiger partial charge in [0, 0.05) is 127 Å². The third-order valence-corrected chi connectivity index (χ3v) is 25.9. The van der Waals surface area contributed by atoms with Gasteiger partial charge in [-0.1, -0.05) is 64.1 Å². The number of carbonyl (C=O) groups excluding carboxylic acids is 2. The second-order valence-corrected chi connectivity index (χ2v) is 38.0. The average Bonchev–Trinajstić information content (AvgIpc) is 0.785. The number of benzene rings is 12. The van der Waals surface area contributed by atoms with Gasteiger partial charge in [0.2, 0.25) is 41.5 Å². The monoisotopic (exact) mass is 2030 g/mol. The van der Waals surface area contributed by atoms with Crippen molar-refractivity contribution in [2.24, 2.45) is 0 Å². The number of rotatable bonds is 17. The molecule has 19 aromatic rings. The van der Waals surface area contributed by atoms with Crippen LogP contribution in [0.3, 0.4) is 0 Å². The Morgan fingerprint density at radius 3 is 1.06 bits per heavy atom. The summed E-state index contributed by atoms with van der Waals surface area (Å²) in [4.78, 5) is 58.4. The van der Waals surface area contributed by atoms with Crippen molar-refractivity contribution in [2.75, 3.05) is 83.0 Å². The Balaban J connectivity index is 0.000000130. The molecule has 0 atom stereocenters. The minimum Gasteiger partial charge on any atom is -0.508 e. The van der Waals surface area contributed by atoms with Gasteiger partial charge in [0.1, 0.15) is 62.1 Å². The average molecular weight is 2030 g/mol. The molecule has 0 aliphatic carbocycles. The first-order valence-corrected chi connectivity index (χ1v) is 47.8. The first-order valence-electron chi connectivity index (χ1n) is 43.8. The quantitative estimate of drug-likeness (QED) is 0.0377. The minimum absolute atomic E-state index is 0.0849. The number of phenolic OH excluding ortho intramolecular Hbond substituents is 5. The van der Waals surface area contributed by atoms with Crippen molar-refractivity contribution >= 4 is 204 Å². The van der Waals surface area contributed by atoms with Crippen molar-refractivity contribution in [3.63, 3.8) is 0 Å². The number of aryl methyl sites for hydroxylation is 5. The summed E-state index contributed by atoms with van der Waals surface area (Å²) < 4.78 is 17.1. The van der Waals surface area contributed by atoms with E-state index in [1.807, 2.05) is 145 Å². The van der Waals surface area contributed by atoms with Crippen LogP contribution in [0.4, 0.5) is 64.0 Å². The van der Waals surface area contributed by atoms with E-state index < -0.39 is 9.52 Å². The number of aromatic hydroxyl groups is 5. The summed E-state index contributed by atoms with van der Waals surface area (Å²) in [5.74, 6) is 7.64. The molecule has 7 aromatic heterocycles. The molecule has 1 saturated heterocycles. The number of anilines is 11. The van der Waals surface area contributed by atoms with Crippen LogP contribution >= 0.6 is 58.0 Å². The van der Waals surface area contributed by atoms with Crippen LogP contribution in [-0.2, 0) is 14.3 Å². The van der Waals surface area contributed by atoms with Gasteiger partial charge in [-0.25, -0.2) is 34.9 Å². The zero-order chi connectivity index (χ0) is 101. The van der Waals surface area contributed by atoms with E-state index in [1.165, 1.54) is 19.1 Å². The SMILES string of the molecule is C=S1(=O)CCN(C(=O)c2ccc(Nc3nnc4cc(-c5cc(O)ccc5Cl)cc(C)c4n3)cc2)CC1.CC(=O)Nc1ccc(Nc2nnc3cc(-c4cc(O)ccc4Cl)cc(C)c3n2)cn1.COc1ccc(Nc2nnc3cc(-c4cc(O)ccc4Cl)cc(C)c3n2)cn1.Cc1cc(-c2cc(O)ccc2Cl)cc2nnc(N)nc12.Cc1cc(-c2cc(O)ccc2Cl)cc2nnc(Nc3cccc(N(C)C)c3)nc12. The van der Waals surface area contributed by atoms with Gasteiger partial charge in [-0.3, -0.25) is 13.8 Å². The van der Waals surface area contributed by atoms with E-state index in [-0.39, 0.29) is 46.5 Å². The normalized spacial score (nSPS) is 11.9. The fraction of sp³-hybridized carbons (Fsp3) is 0.126. The number of halogens is 5. The number of nitrogen functional groups attached to an aromatic ring is 1. The summed E-state index contributed by atoms with van der Waals surface area (Å²) >= 11 is 31.4. The van der Waals surface area contributed by atoms with Crippen LogP contribution in [0.5, 0.6) is 34.6 Å². The van der Waals surface area contributed by atoms with Gasteiger partial charge in [-0.05, 0) is 318 Å². The van der Waals surface area contributed by atoms with E-state index in [2.05, 4.69) is 118 Å². The lowest BCUT2D eigenvalue weighted by Crippen LogP contribution is -2.43. The fourth-order valence-electron chi connectivity index (χ4n) is 15.3. The number of nitrogens with two attached hydrogens (primary N) is 1. The lowest BCUT2D eigenvalue weighted by Gasteiger charge is -2.29. The molecule has 0 spiro atoms.